The summed E-state index contributed by atoms with van der Waals surface area (Å²) in [5.41, 5.74) is 3.67. The number of nitriles is 1. The molecule has 2 amide bonds. The molecule has 0 atom stereocenters. The number of amides is 2. The Morgan fingerprint density at radius 1 is 1.03 bits per heavy atom. The smallest absolute Gasteiger partial charge is 0.321 e. The number of benzene rings is 2. The fourth-order valence-corrected chi connectivity index (χ4v) is 5.55. The van der Waals surface area contributed by atoms with Crippen molar-refractivity contribution in [2.75, 3.05) is 36.4 Å². The molecule has 1 aliphatic rings. The van der Waals surface area contributed by atoms with Gasteiger partial charge in [-0.15, -0.1) is 11.3 Å². The minimum absolute atomic E-state index is 0.149. The molecule has 1 aliphatic heterocycles. The van der Waals surface area contributed by atoms with Crippen LogP contribution < -0.4 is 10.2 Å². The van der Waals surface area contributed by atoms with Crippen molar-refractivity contribution >= 4 is 39.1 Å². The van der Waals surface area contributed by atoms with Gasteiger partial charge in [0.15, 0.2) is 0 Å². The van der Waals surface area contributed by atoms with Crippen LogP contribution in [0.5, 0.6) is 0 Å². The maximum Gasteiger partial charge on any atom is 0.321 e. The second-order valence-corrected chi connectivity index (χ2v) is 10.2. The molecule has 0 saturated carbocycles. The molecule has 0 bridgehead atoms. The van der Waals surface area contributed by atoms with Gasteiger partial charge in [-0.05, 0) is 49.6 Å². The number of rotatable bonds is 5. The van der Waals surface area contributed by atoms with Crippen molar-refractivity contribution in [2.45, 2.75) is 26.7 Å². The number of anilines is 2. The lowest BCUT2D eigenvalue weighted by atomic mass is 10.1. The summed E-state index contributed by atoms with van der Waals surface area (Å²) < 4.78 is 0. The molecule has 1 N–H and O–H groups in total. The van der Waals surface area contributed by atoms with E-state index >= 15 is 0 Å². The second kappa shape index (κ2) is 10.3. The van der Waals surface area contributed by atoms with Gasteiger partial charge in [0.25, 0.3) is 0 Å². The number of hydrogen-bond donors (Lipinski definition) is 1. The van der Waals surface area contributed by atoms with Gasteiger partial charge in [-0.25, -0.2) is 14.8 Å². The molecule has 1 fully saturated rings. The van der Waals surface area contributed by atoms with Gasteiger partial charge >= 0.3 is 6.03 Å². The number of hydrogen-bond acceptors (Lipinski definition) is 6. The van der Waals surface area contributed by atoms with Gasteiger partial charge in [0.2, 0.25) is 0 Å². The third kappa shape index (κ3) is 5.02. The van der Waals surface area contributed by atoms with Crippen molar-refractivity contribution in [1.29, 1.82) is 5.26 Å². The molecule has 7 nitrogen and oxygen atoms in total. The van der Waals surface area contributed by atoms with Gasteiger partial charge in [0.05, 0.1) is 17.0 Å². The van der Waals surface area contributed by atoms with E-state index in [1.165, 1.54) is 16.0 Å². The van der Waals surface area contributed by atoms with E-state index in [4.69, 9.17) is 15.2 Å². The number of carbonyl (C=O) groups is 1. The Hall–Kier alpha value is -3.96. The highest BCUT2D eigenvalue weighted by molar-refractivity contribution is 7.18. The van der Waals surface area contributed by atoms with Crippen molar-refractivity contribution in [3.8, 4) is 6.07 Å². The Balaban J connectivity index is 1.32. The van der Waals surface area contributed by atoms with Crippen molar-refractivity contribution in [3.63, 3.8) is 0 Å². The molecular formula is C28H28N6OS. The molecule has 0 unspecified atom stereocenters. The Kier molecular flexibility index (Phi) is 6.83. The molecule has 0 radical (unpaired) electrons. The lowest BCUT2D eigenvalue weighted by Crippen LogP contribution is -2.50. The van der Waals surface area contributed by atoms with Crippen LogP contribution >= 0.6 is 11.3 Å². The molecule has 8 heteroatoms. The highest BCUT2D eigenvalue weighted by atomic mass is 32.1. The number of nitrogens with zero attached hydrogens (tertiary/aromatic N) is 5. The molecule has 3 heterocycles. The molecule has 4 aromatic rings. The number of thiophene rings is 1. The SMILES string of the molecule is Cc1sc2nc(CCc3ccccc3)nc(N3CCN(C(=O)Nc4cccc(C#N)c4)CC3)c2c1C. The lowest BCUT2D eigenvalue weighted by molar-refractivity contribution is 0.208. The normalized spacial score (nSPS) is 13.6. The summed E-state index contributed by atoms with van der Waals surface area (Å²) in [5, 5.41) is 13.2. The summed E-state index contributed by atoms with van der Waals surface area (Å²) in [6.07, 6.45) is 1.68. The van der Waals surface area contributed by atoms with Gasteiger partial charge in [0, 0.05) is 43.2 Å². The van der Waals surface area contributed by atoms with Gasteiger partial charge in [0.1, 0.15) is 16.5 Å². The Bertz CT molecular complexity index is 1430. The number of urea groups is 1. The van der Waals surface area contributed by atoms with E-state index in [1.54, 1.807) is 35.6 Å². The number of carbonyl (C=O) groups excluding carboxylic acids is 1. The fourth-order valence-electron chi connectivity index (χ4n) is 4.50. The van der Waals surface area contributed by atoms with E-state index in [9.17, 15) is 4.79 Å². The predicted octanol–water partition coefficient (Wildman–Crippen LogP) is 5.32. The van der Waals surface area contributed by atoms with E-state index in [1.807, 2.05) is 11.0 Å². The average Bonchev–Trinajstić information content (AvgIpc) is 3.20. The van der Waals surface area contributed by atoms with Crippen LogP contribution in [0.3, 0.4) is 0 Å². The predicted molar refractivity (Wildman–Crippen MR) is 145 cm³/mol. The van der Waals surface area contributed by atoms with Crippen LogP contribution in [0.25, 0.3) is 10.2 Å². The van der Waals surface area contributed by atoms with Crippen LogP contribution in [-0.2, 0) is 12.8 Å². The van der Waals surface area contributed by atoms with Gasteiger partial charge < -0.3 is 15.1 Å². The van der Waals surface area contributed by atoms with Crippen molar-refractivity contribution in [2.24, 2.45) is 0 Å². The van der Waals surface area contributed by atoms with Crippen molar-refractivity contribution in [1.82, 2.24) is 14.9 Å². The van der Waals surface area contributed by atoms with Gasteiger partial charge in [-0.2, -0.15) is 5.26 Å². The van der Waals surface area contributed by atoms with E-state index in [0.717, 1.165) is 34.7 Å². The van der Waals surface area contributed by atoms with E-state index in [-0.39, 0.29) is 6.03 Å². The number of piperazine rings is 1. The highest BCUT2D eigenvalue weighted by Gasteiger charge is 2.25. The summed E-state index contributed by atoms with van der Waals surface area (Å²) in [5.74, 6) is 1.84. The first-order valence-corrected chi connectivity index (χ1v) is 12.9. The monoisotopic (exact) mass is 496 g/mol. The maximum atomic E-state index is 12.8. The molecule has 0 aliphatic carbocycles. The maximum absolute atomic E-state index is 12.8. The van der Waals surface area contributed by atoms with Gasteiger partial charge in [-0.3, -0.25) is 0 Å². The van der Waals surface area contributed by atoms with Crippen LogP contribution in [0.2, 0.25) is 0 Å². The Morgan fingerprint density at radius 2 is 1.81 bits per heavy atom. The average molecular weight is 497 g/mol. The molecule has 0 spiro atoms. The zero-order valence-electron chi connectivity index (χ0n) is 20.5. The molecular weight excluding hydrogens is 468 g/mol. The quantitative estimate of drug-likeness (QED) is 0.404. The lowest BCUT2D eigenvalue weighted by Gasteiger charge is -2.35. The largest absolute Gasteiger partial charge is 0.352 e. The van der Waals surface area contributed by atoms with E-state index < -0.39 is 0 Å². The minimum atomic E-state index is -0.149. The first-order valence-electron chi connectivity index (χ1n) is 12.1. The van der Waals surface area contributed by atoms with E-state index in [2.05, 4.69) is 54.4 Å². The third-order valence-electron chi connectivity index (χ3n) is 6.65. The zero-order valence-corrected chi connectivity index (χ0v) is 21.3. The number of fused-ring (bicyclic) bond motifs is 1. The zero-order chi connectivity index (χ0) is 25.1. The molecule has 2 aromatic carbocycles. The summed E-state index contributed by atoms with van der Waals surface area (Å²) in [7, 11) is 0. The molecule has 1 saturated heterocycles. The number of nitrogens with one attached hydrogen (secondary N) is 1. The van der Waals surface area contributed by atoms with Crippen LogP contribution in [0.4, 0.5) is 16.3 Å². The Labute approximate surface area is 215 Å². The summed E-state index contributed by atoms with van der Waals surface area (Å²) >= 11 is 1.73. The summed E-state index contributed by atoms with van der Waals surface area (Å²) in [6.45, 7) is 6.87. The van der Waals surface area contributed by atoms with E-state index in [0.29, 0.717) is 37.4 Å². The summed E-state index contributed by atoms with van der Waals surface area (Å²) in [4.78, 5) is 29.2. The van der Waals surface area contributed by atoms with Crippen LogP contribution in [0.1, 0.15) is 27.4 Å². The number of aryl methyl sites for hydroxylation is 4. The fraction of sp³-hybridized carbons (Fsp3) is 0.286. The minimum Gasteiger partial charge on any atom is -0.352 e. The second-order valence-electron chi connectivity index (χ2n) is 9.01. The van der Waals surface area contributed by atoms with Crippen LogP contribution in [0.15, 0.2) is 54.6 Å². The summed E-state index contributed by atoms with van der Waals surface area (Å²) in [6, 6.07) is 19.4. The third-order valence-corrected chi connectivity index (χ3v) is 7.75. The number of aromatic nitrogens is 2. The van der Waals surface area contributed by atoms with Crippen molar-refractivity contribution < 1.29 is 4.79 Å². The first-order chi connectivity index (χ1) is 17.5. The molecule has 182 valence electrons. The molecule has 2 aromatic heterocycles. The standard InChI is InChI=1S/C28H28N6OS/c1-19-20(2)36-27-25(19)26(31-24(32-27)12-11-21-7-4-3-5-8-21)33-13-15-34(16-14-33)28(35)30-23-10-6-9-22(17-23)18-29/h3-10,17H,11-16H2,1-2H3,(H,30,35). The topological polar surface area (TPSA) is 85.2 Å². The van der Waals surface area contributed by atoms with Gasteiger partial charge in [-0.1, -0.05) is 36.4 Å². The molecule has 5 rings (SSSR count). The van der Waals surface area contributed by atoms with Crippen LogP contribution in [-0.4, -0.2) is 47.1 Å². The highest BCUT2D eigenvalue weighted by Crippen LogP contribution is 2.35. The first kappa shape index (κ1) is 23.8. The van der Waals surface area contributed by atoms with Crippen molar-refractivity contribution in [3.05, 3.63) is 82.0 Å². The Morgan fingerprint density at radius 3 is 2.56 bits per heavy atom. The molecule has 36 heavy (non-hydrogen) atoms. The van der Waals surface area contributed by atoms with Crippen LogP contribution in [0, 0.1) is 25.2 Å².